The summed E-state index contributed by atoms with van der Waals surface area (Å²) in [6.07, 6.45) is 3.94. The van der Waals surface area contributed by atoms with E-state index < -0.39 is 10.0 Å². The van der Waals surface area contributed by atoms with Crippen LogP contribution in [0.3, 0.4) is 0 Å². The van der Waals surface area contributed by atoms with Gasteiger partial charge in [0.05, 0.1) is 17.3 Å². The number of nitrogens with one attached hydrogen (secondary N) is 1. The minimum absolute atomic E-state index is 0.0228. The fourth-order valence-corrected chi connectivity index (χ4v) is 5.07. The van der Waals surface area contributed by atoms with Gasteiger partial charge in [0, 0.05) is 17.0 Å². The van der Waals surface area contributed by atoms with E-state index in [2.05, 4.69) is 9.71 Å². The van der Waals surface area contributed by atoms with E-state index in [4.69, 9.17) is 4.74 Å². The molecule has 1 aromatic heterocycles. The van der Waals surface area contributed by atoms with Crippen molar-refractivity contribution in [1.82, 2.24) is 9.71 Å². The molecule has 0 atom stereocenters. The number of rotatable bonds is 6. The first kappa shape index (κ1) is 17.4. The first-order valence-electron chi connectivity index (χ1n) is 8.21. The average Bonchev–Trinajstić information content (AvgIpc) is 3.19. The van der Waals surface area contributed by atoms with E-state index in [-0.39, 0.29) is 10.9 Å². The molecule has 0 unspecified atom stereocenters. The van der Waals surface area contributed by atoms with Crippen LogP contribution in [0.25, 0.3) is 11.3 Å². The Bertz CT molecular complexity index is 809. The van der Waals surface area contributed by atoms with Crippen LogP contribution in [0, 0.1) is 6.92 Å². The van der Waals surface area contributed by atoms with Crippen LogP contribution in [0.5, 0.6) is 5.75 Å². The average molecular weight is 367 g/mol. The molecule has 0 radical (unpaired) electrons. The molecule has 1 fully saturated rings. The lowest BCUT2D eigenvalue weighted by Crippen LogP contribution is -2.33. The van der Waals surface area contributed by atoms with Crippen LogP contribution in [-0.4, -0.2) is 26.1 Å². The maximum Gasteiger partial charge on any atom is 0.244 e. The van der Waals surface area contributed by atoms with Gasteiger partial charge in [-0.15, -0.1) is 11.3 Å². The molecule has 7 heteroatoms. The summed E-state index contributed by atoms with van der Waals surface area (Å²) in [6.45, 7) is 4.20. The molecule has 1 saturated carbocycles. The van der Waals surface area contributed by atoms with Crippen molar-refractivity contribution >= 4 is 21.4 Å². The standard InChI is InChI=1S/C17H22N2O3S2/c1-3-22-16-9-8-13(15-11-23-12(2)18-15)10-17(16)24(20,21)19-14-6-4-5-7-14/h8-11,14,19H,3-7H2,1-2H3. The normalized spacial score (nSPS) is 15.8. The predicted molar refractivity (Wildman–Crippen MR) is 96.0 cm³/mol. The molecule has 5 nitrogen and oxygen atoms in total. The van der Waals surface area contributed by atoms with Crippen LogP contribution in [0.1, 0.15) is 37.6 Å². The number of ether oxygens (including phenoxy) is 1. The molecule has 2 aromatic rings. The molecule has 0 spiro atoms. The number of nitrogens with zero attached hydrogens (tertiary/aromatic N) is 1. The summed E-state index contributed by atoms with van der Waals surface area (Å²) in [5, 5.41) is 2.89. The maximum absolute atomic E-state index is 12.9. The van der Waals surface area contributed by atoms with Gasteiger partial charge in [0.15, 0.2) is 0 Å². The van der Waals surface area contributed by atoms with Crippen LogP contribution in [0.4, 0.5) is 0 Å². The maximum atomic E-state index is 12.9. The summed E-state index contributed by atoms with van der Waals surface area (Å²) >= 11 is 1.55. The van der Waals surface area contributed by atoms with Crippen LogP contribution in [0.2, 0.25) is 0 Å². The third kappa shape index (κ3) is 3.79. The Labute approximate surface area is 147 Å². The van der Waals surface area contributed by atoms with E-state index in [1.165, 1.54) is 0 Å². The lowest BCUT2D eigenvalue weighted by molar-refractivity contribution is 0.331. The zero-order chi connectivity index (χ0) is 17.2. The number of aryl methyl sites for hydroxylation is 1. The minimum Gasteiger partial charge on any atom is -0.492 e. The number of sulfonamides is 1. The molecule has 24 heavy (non-hydrogen) atoms. The first-order chi connectivity index (χ1) is 11.5. The lowest BCUT2D eigenvalue weighted by atomic mass is 10.2. The van der Waals surface area contributed by atoms with Crippen molar-refractivity contribution in [3.05, 3.63) is 28.6 Å². The summed E-state index contributed by atoms with van der Waals surface area (Å²) in [6, 6.07) is 5.26. The Kier molecular flexibility index (Phi) is 5.22. The molecular weight excluding hydrogens is 344 g/mol. The SMILES string of the molecule is CCOc1ccc(-c2csc(C)n2)cc1S(=O)(=O)NC1CCCC1. The van der Waals surface area contributed by atoms with Gasteiger partial charge in [-0.05, 0) is 44.9 Å². The predicted octanol–water partition coefficient (Wildman–Crippen LogP) is 3.74. The monoisotopic (exact) mass is 366 g/mol. The largest absolute Gasteiger partial charge is 0.492 e. The van der Waals surface area contributed by atoms with Gasteiger partial charge in [0.25, 0.3) is 0 Å². The molecule has 1 aromatic carbocycles. The van der Waals surface area contributed by atoms with Crippen molar-refractivity contribution in [3.63, 3.8) is 0 Å². The number of hydrogen-bond donors (Lipinski definition) is 1. The van der Waals surface area contributed by atoms with Crippen LogP contribution >= 0.6 is 11.3 Å². The smallest absolute Gasteiger partial charge is 0.244 e. The third-order valence-electron chi connectivity index (χ3n) is 4.12. The zero-order valence-electron chi connectivity index (χ0n) is 13.9. The fourth-order valence-electron chi connectivity index (χ4n) is 2.97. The van der Waals surface area contributed by atoms with Crippen LogP contribution in [0.15, 0.2) is 28.5 Å². The molecule has 0 amide bonds. The molecule has 3 rings (SSSR count). The van der Waals surface area contributed by atoms with E-state index in [1.54, 1.807) is 23.5 Å². The molecule has 0 saturated heterocycles. The highest BCUT2D eigenvalue weighted by Gasteiger charge is 2.26. The van der Waals surface area contributed by atoms with E-state index in [0.717, 1.165) is 41.9 Å². The van der Waals surface area contributed by atoms with Gasteiger partial charge in [0.1, 0.15) is 10.6 Å². The highest BCUT2D eigenvalue weighted by Crippen LogP contribution is 2.31. The second-order valence-electron chi connectivity index (χ2n) is 5.95. The Morgan fingerprint density at radius 1 is 1.33 bits per heavy atom. The lowest BCUT2D eigenvalue weighted by Gasteiger charge is -2.16. The van der Waals surface area contributed by atoms with Crippen LogP contribution < -0.4 is 9.46 Å². The number of aromatic nitrogens is 1. The Hall–Kier alpha value is -1.44. The van der Waals surface area contributed by atoms with Crippen molar-refractivity contribution in [2.45, 2.75) is 50.5 Å². The molecule has 130 valence electrons. The summed E-state index contributed by atoms with van der Waals surface area (Å²) in [5.74, 6) is 0.388. The topological polar surface area (TPSA) is 68.3 Å². The van der Waals surface area contributed by atoms with E-state index >= 15 is 0 Å². The molecule has 1 aliphatic carbocycles. The second-order valence-corrected chi connectivity index (χ2v) is 8.69. The zero-order valence-corrected chi connectivity index (χ0v) is 15.5. The molecule has 1 N–H and O–H groups in total. The molecular formula is C17H22N2O3S2. The summed E-state index contributed by atoms with van der Waals surface area (Å²) in [7, 11) is -3.62. The summed E-state index contributed by atoms with van der Waals surface area (Å²) < 4.78 is 34.1. The quantitative estimate of drug-likeness (QED) is 0.846. The van der Waals surface area contributed by atoms with Crippen LogP contribution in [-0.2, 0) is 10.0 Å². The van der Waals surface area contributed by atoms with Gasteiger partial charge in [-0.2, -0.15) is 0 Å². The van der Waals surface area contributed by atoms with Crippen molar-refractivity contribution in [2.24, 2.45) is 0 Å². The number of thiazole rings is 1. The van der Waals surface area contributed by atoms with Gasteiger partial charge in [0.2, 0.25) is 10.0 Å². The Balaban J connectivity index is 1.99. The second kappa shape index (κ2) is 7.21. The van der Waals surface area contributed by atoms with Crippen molar-refractivity contribution in [3.8, 4) is 17.0 Å². The summed E-state index contributed by atoms with van der Waals surface area (Å²) in [5.41, 5.74) is 1.58. The van der Waals surface area contributed by atoms with Gasteiger partial charge < -0.3 is 4.74 Å². The third-order valence-corrected chi connectivity index (χ3v) is 6.44. The van der Waals surface area contributed by atoms with E-state index in [9.17, 15) is 8.42 Å². The molecule has 0 aliphatic heterocycles. The summed E-state index contributed by atoms with van der Waals surface area (Å²) in [4.78, 5) is 4.64. The van der Waals surface area contributed by atoms with Gasteiger partial charge in [-0.3, -0.25) is 0 Å². The molecule has 0 bridgehead atoms. The Morgan fingerprint density at radius 3 is 2.71 bits per heavy atom. The molecule has 1 heterocycles. The van der Waals surface area contributed by atoms with Gasteiger partial charge >= 0.3 is 0 Å². The minimum atomic E-state index is -3.62. The van der Waals surface area contributed by atoms with Crippen molar-refractivity contribution in [1.29, 1.82) is 0 Å². The first-order valence-corrected chi connectivity index (χ1v) is 10.6. The van der Waals surface area contributed by atoms with Gasteiger partial charge in [-0.25, -0.2) is 18.1 Å². The van der Waals surface area contributed by atoms with E-state index in [1.807, 2.05) is 25.3 Å². The van der Waals surface area contributed by atoms with E-state index in [0.29, 0.717) is 12.4 Å². The molecule has 1 aliphatic rings. The fraction of sp³-hybridized carbons (Fsp3) is 0.471. The van der Waals surface area contributed by atoms with Gasteiger partial charge in [-0.1, -0.05) is 12.8 Å². The number of benzene rings is 1. The van der Waals surface area contributed by atoms with Crippen molar-refractivity contribution in [2.75, 3.05) is 6.61 Å². The highest BCUT2D eigenvalue weighted by molar-refractivity contribution is 7.89. The van der Waals surface area contributed by atoms with Crippen molar-refractivity contribution < 1.29 is 13.2 Å². The highest BCUT2D eigenvalue weighted by atomic mass is 32.2. The Morgan fingerprint density at radius 2 is 2.08 bits per heavy atom. The number of hydrogen-bond acceptors (Lipinski definition) is 5.